The molecule has 19 heavy (non-hydrogen) atoms. The van der Waals surface area contributed by atoms with Crippen LogP contribution in [0.1, 0.15) is 12.8 Å². The van der Waals surface area contributed by atoms with Crippen LogP contribution in [0, 0.1) is 10.6 Å². The van der Waals surface area contributed by atoms with Crippen molar-refractivity contribution in [1.29, 1.82) is 0 Å². The molecule has 0 saturated heterocycles. The summed E-state index contributed by atoms with van der Waals surface area (Å²) < 4.78 is 16.0. The highest BCUT2D eigenvalue weighted by Gasteiger charge is 2.23. The molecule has 100 valence electrons. The monoisotopic (exact) mass is 343 g/mol. The Kier molecular flexibility index (Phi) is 3.18. The molecule has 1 saturated carbocycles. The summed E-state index contributed by atoms with van der Waals surface area (Å²) in [7, 11) is 0. The van der Waals surface area contributed by atoms with E-state index in [1.54, 1.807) is 10.6 Å². The molecule has 1 heterocycles. The lowest BCUT2D eigenvalue weighted by molar-refractivity contribution is -0.121. The average Bonchev–Trinajstić information content (AvgIpc) is 3.09. The van der Waals surface area contributed by atoms with Gasteiger partial charge in [0.05, 0.1) is 15.5 Å². The molecule has 0 aliphatic heterocycles. The second kappa shape index (κ2) is 4.72. The first-order chi connectivity index (χ1) is 9.04. The Bertz CT molecular complexity index is 720. The van der Waals surface area contributed by atoms with Gasteiger partial charge in [-0.25, -0.2) is 4.39 Å². The number of nitrogens with zero attached hydrogens (tertiary/aromatic N) is 1. The number of carbonyl (C=O) groups excluding carboxylic acids is 1. The van der Waals surface area contributed by atoms with Crippen molar-refractivity contribution >= 4 is 45.1 Å². The molecule has 0 spiro atoms. The number of carbonyl (C=O) groups is 1. The molecule has 0 radical (unpaired) electrons. The van der Waals surface area contributed by atoms with E-state index in [1.807, 2.05) is 0 Å². The molecule has 0 unspecified atom stereocenters. The molecule has 2 aromatic rings. The smallest absolute Gasteiger partial charge is 0.240 e. The van der Waals surface area contributed by atoms with Gasteiger partial charge in [0.15, 0.2) is 4.77 Å². The van der Waals surface area contributed by atoms with Crippen LogP contribution < -0.4 is 5.32 Å². The van der Waals surface area contributed by atoms with Crippen molar-refractivity contribution in [3.8, 4) is 0 Å². The minimum Gasteiger partial charge on any atom is -0.352 e. The number of halogens is 2. The molecular weight excluding hydrogens is 333 g/mol. The van der Waals surface area contributed by atoms with Crippen molar-refractivity contribution in [2.75, 3.05) is 0 Å². The number of imidazole rings is 1. The number of nitrogens with one attached hydrogen (secondary N) is 2. The highest BCUT2D eigenvalue weighted by atomic mass is 79.9. The Balaban J connectivity index is 1.97. The fourth-order valence-electron chi connectivity index (χ4n) is 1.95. The Labute approximate surface area is 122 Å². The number of hydrogen-bond acceptors (Lipinski definition) is 2. The van der Waals surface area contributed by atoms with Crippen molar-refractivity contribution in [3.05, 3.63) is 27.2 Å². The number of aromatic amines is 1. The van der Waals surface area contributed by atoms with Crippen LogP contribution in [0.3, 0.4) is 0 Å². The lowest BCUT2D eigenvalue weighted by Gasteiger charge is -2.05. The van der Waals surface area contributed by atoms with E-state index >= 15 is 0 Å². The molecule has 3 rings (SSSR count). The van der Waals surface area contributed by atoms with Crippen molar-refractivity contribution < 1.29 is 9.18 Å². The van der Waals surface area contributed by atoms with Gasteiger partial charge in [0, 0.05) is 12.1 Å². The fourth-order valence-corrected chi connectivity index (χ4v) is 2.57. The standard InChI is InChI=1S/C12H11BrFN3OS/c13-7-3-9-10(4-8(7)14)17(12(19)16-9)5-11(18)15-6-1-2-6/h3-4,6H,1-2,5H2,(H,15,18)(H,16,19). The normalized spacial score (nSPS) is 14.8. The van der Waals surface area contributed by atoms with E-state index in [1.165, 1.54) is 6.07 Å². The van der Waals surface area contributed by atoms with Gasteiger partial charge in [0.2, 0.25) is 5.91 Å². The van der Waals surface area contributed by atoms with Gasteiger partial charge in [-0.1, -0.05) is 0 Å². The summed E-state index contributed by atoms with van der Waals surface area (Å²) in [6, 6.07) is 3.30. The third kappa shape index (κ3) is 2.57. The van der Waals surface area contributed by atoms with Crippen LogP contribution in [0.5, 0.6) is 0 Å². The average molecular weight is 344 g/mol. The SMILES string of the molecule is O=C(Cn1c(=S)[nH]c2cc(Br)c(F)cc21)NC1CC1. The highest BCUT2D eigenvalue weighted by molar-refractivity contribution is 9.10. The van der Waals surface area contributed by atoms with Gasteiger partial charge < -0.3 is 14.9 Å². The van der Waals surface area contributed by atoms with Gasteiger partial charge in [0.25, 0.3) is 0 Å². The van der Waals surface area contributed by atoms with Crippen LogP contribution in [0.25, 0.3) is 11.0 Å². The van der Waals surface area contributed by atoms with Gasteiger partial charge in [-0.3, -0.25) is 4.79 Å². The summed E-state index contributed by atoms with van der Waals surface area (Å²) in [5.74, 6) is -0.472. The first-order valence-electron chi connectivity index (χ1n) is 5.91. The minimum absolute atomic E-state index is 0.0946. The molecule has 1 aromatic heterocycles. The summed E-state index contributed by atoms with van der Waals surface area (Å²) in [5.41, 5.74) is 1.30. The molecule has 2 N–H and O–H groups in total. The number of amides is 1. The van der Waals surface area contributed by atoms with E-state index in [0.717, 1.165) is 12.8 Å². The zero-order valence-corrected chi connectivity index (χ0v) is 12.3. The predicted octanol–water partition coefficient (Wildman–Crippen LogP) is 2.88. The van der Waals surface area contributed by atoms with E-state index in [2.05, 4.69) is 26.2 Å². The zero-order valence-electron chi connectivity index (χ0n) is 9.87. The molecule has 1 aliphatic rings. The number of fused-ring (bicyclic) bond motifs is 1. The number of aromatic nitrogens is 2. The van der Waals surface area contributed by atoms with E-state index in [4.69, 9.17) is 12.2 Å². The van der Waals surface area contributed by atoms with Crippen LogP contribution in [-0.2, 0) is 11.3 Å². The zero-order chi connectivity index (χ0) is 13.6. The van der Waals surface area contributed by atoms with E-state index in [-0.39, 0.29) is 18.3 Å². The third-order valence-corrected chi connectivity index (χ3v) is 3.99. The van der Waals surface area contributed by atoms with Gasteiger partial charge in [0.1, 0.15) is 12.4 Å². The quantitative estimate of drug-likeness (QED) is 0.842. The number of hydrogen-bond donors (Lipinski definition) is 2. The van der Waals surface area contributed by atoms with Gasteiger partial charge in [-0.05, 0) is 47.1 Å². The van der Waals surface area contributed by atoms with Crippen molar-refractivity contribution in [1.82, 2.24) is 14.9 Å². The van der Waals surface area contributed by atoms with Gasteiger partial charge in [-0.2, -0.15) is 0 Å². The largest absolute Gasteiger partial charge is 0.352 e. The number of rotatable bonds is 3. The number of benzene rings is 1. The molecule has 0 atom stereocenters. The Hall–Kier alpha value is -1.21. The van der Waals surface area contributed by atoms with E-state index < -0.39 is 0 Å². The lowest BCUT2D eigenvalue weighted by atomic mass is 10.3. The molecule has 1 fully saturated rings. The highest BCUT2D eigenvalue weighted by Crippen LogP contribution is 2.23. The molecule has 4 nitrogen and oxygen atoms in total. The van der Waals surface area contributed by atoms with Crippen LogP contribution in [0.2, 0.25) is 0 Å². The van der Waals surface area contributed by atoms with Crippen LogP contribution in [-0.4, -0.2) is 21.5 Å². The van der Waals surface area contributed by atoms with Crippen LogP contribution in [0.4, 0.5) is 4.39 Å². The minimum atomic E-state index is -0.377. The van der Waals surface area contributed by atoms with Crippen molar-refractivity contribution in [2.45, 2.75) is 25.4 Å². The summed E-state index contributed by atoms with van der Waals surface area (Å²) >= 11 is 8.30. The summed E-state index contributed by atoms with van der Waals surface area (Å²) in [6.45, 7) is 0.108. The second-order valence-corrected chi connectivity index (χ2v) is 5.88. The summed E-state index contributed by atoms with van der Waals surface area (Å²) in [4.78, 5) is 14.8. The van der Waals surface area contributed by atoms with Crippen LogP contribution >= 0.6 is 28.1 Å². The maximum atomic E-state index is 13.6. The second-order valence-electron chi connectivity index (χ2n) is 4.64. The molecular formula is C12H11BrFN3OS. The van der Waals surface area contributed by atoms with E-state index in [9.17, 15) is 9.18 Å². The lowest BCUT2D eigenvalue weighted by Crippen LogP contribution is -2.29. The first kappa shape index (κ1) is 12.8. The van der Waals surface area contributed by atoms with Crippen molar-refractivity contribution in [2.24, 2.45) is 0 Å². The maximum Gasteiger partial charge on any atom is 0.240 e. The molecule has 7 heteroatoms. The Morgan fingerprint density at radius 3 is 3.00 bits per heavy atom. The van der Waals surface area contributed by atoms with Gasteiger partial charge >= 0.3 is 0 Å². The van der Waals surface area contributed by atoms with E-state index in [0.29, 0.717) is 26.3 Å². The third-order valence-electron chi connectivity index (χ3n) is 3.06. The topological polar surface area (TPSA) is 49.8 Å². The van der Waals surface area contributed by atoms with Gasteiger partial charge in [-0.15, -0.1) is 0 Å². The van der Waals surface area contributed by atoms with Crippen LogP contribution in [0.15, 0.2) is 16.6 Å². The first-order valence-corrected chi connectivity index (χ1v) is 7.11. The fraction of sp³-hybridized carbons (Fsp3) is 0.333. The molecule has 1 amide bonds. The summed E-state index contributed by atoms with van der Waals surface area (Å²) in [5, 5.41) is 2.89. The Morgan fingerprint density at radius 2 is 2.32 bits per heavy atom. The molecule has 0 bridgehead atoms. The maximum absolute atomic E-state index is 13.6. The summed E-state index contributed by atoms with van der Waals surface area (Å²) in [6.07, 6.45) is 2.07. The number of H-pyrrole nitrogens is 1. The predicted molar refractivity (Wildman–Crippen MR) is 75.9 cm³/mol. The molecule has 1 aliphatic carbocycles. The Morgan fingerprint density at radius 1 is 1.58 bits per heavy atom. The molecule has 1 aromatic carbocycles. The van der Waals surface area contributed by atoms with Crippen molar-refractivity contribution in [3.63, 3.8) is 0 Å².